The number of hydrogen-bond acceptors (Lipinski definition) is 3. The molecule has 0 spiro atoms. The molecule has 2 rings (SSSR count). The average molecular weight is 257 g/mol. The van der Waals surface area contributed by atoms with Gasteiger partial charge in [-0.05, 0) is 42.8 Å². The third kappa shape index (κ3) is 3.55. The van der Waals surface area contributed by atoms with Crippen molar-refractivity contribution in [2.24, 2.45) is 0 Å². The molecule has 4 heteroatoms. The standard InChI is InChI=1S/C15H15NO3/c1-2-19-13-6-4-12(5-7-13)14-8-3-11(10-16-14)9-15(17)18/h3-8,10H,2,9H2,1H3,(H,17,18). The molecule has 0 unspecified atom stereocenters. The van der Waals surface area contributed by atoms with E-state index < -0.39 is 5.97 Å². The molecule has 0 saturated heterocycles. The molecule has 0 atom stereocenters. The molecule has 0 aliphatic carbocycles. The topological polar surface area (TPSA) is 59.4 Å². The Morgan fingerprint density at radius 2 is 1.95 bits per heavy atom. The fourth-order valence-electron chi connectivity index (χ4n) is 1.76. The molecular formula is C15H15NO3. The van der Waals surface area contributed by atoms with Gasteiger partial charge in [0.1, 0.15) is 5.75 Å². The third-order valence-corrected chi connectivity index (χ3v) is 2.64. The van der Waals surface area contributed by atoms with Crippen LogP contribution < -0.4 is 4.74 Å². The first-order valence-corrected chi connectivity index (χ1v) is 6.09. The Morgan fingerprint density at radius 1 is 1.21 bits per heavy atom. The van der Waals surface area contributed by atoms with Gasteiger partial charge >= 0.3 is 5.97 Å². The van der Waals surface area contributed by atoms with Gasteiger partial charge in [-0.25, -0.2) is 0 Å². The maximum atomic E-state index is 10.6. The van der Waals surface area contributed by atoms with Crippen molar-refractivity contribution in [1.29, 1.82) is 0 Å². The normalized spacial score (nSPS) is 10.2. The van der Waals surface area contributed by atoms with Crippen molar-refractivity contribution < 1.29 is 14.6 Å². The summed E-state index contributed by atoms with van der Waals surface area (Å²) in [7, 11) is 0. The smallest absolute Gasteiger partial charge is 0.307 e. The van der Waals surface area contributed by atoms with Crippen LogP contribution in [0.25, 0.3) is 11.3 Å². The second-order valence-electron chi connectivity index (χ2n) is 4.08. The molecule has 4 nitrogen and oxygen atoms in total. The van der Waals surface area contributed by atoms with Gasteiger partial charge in [-0.1, -0.05) is 6.07 Å². The molecule has 1 aromatic heterocycles. The Hall–Kier alpha value is -2.36. The van der Waals surface area contributed by atoms with Crippen molar-refractivity contribution in [2.75, 3.05) is 6.61 Å². The van der Waals surface area contributed by atoms with Crippen LogP contribution in [0.15, 0.2) is 42.6 Å². The lowest BCUT2D eigenvalue weighted by Crippen LogP contribution is -2.00. The van der Waals surface area contributed by atoms with Crippen molar-refractivity contribution in [1.82, 2.24) is 4.98 Å². The lowest BCUT2D eigenvalue weighted by Gasteiger charge is -2.05. The highest BCUT2D eigenvalue weighted by molar-refractivity contribution is 5.70. The fraction of sp³-hybridized carbons (Fsp3) is 0.200. The molecule has 0 aliphatic heterocycles. The maximum Gasteiger partial charge on any atom is 0.307 e. The Balaban J connectivity index is 2.15. The number of carboxylic acid groups (broad SMARTS) is 1. The van der Waals surface area contributed by atoms with Crippen molar-refractivity contribution in [3.8, 4) is 17.0 Å². The SMILES string of the molecule is CCOc1ccc(-c2ccc(CC(=O)O)cn2)cc1. The fourth-order valence-corrected chi connectivity index (χ4v) is 1.76. The van der Waals surface area contributed by atoms with Crippen molar-refractivity contribution in [3.63, 3.8) is 0 Å². The van der Waals surface area contributed by atoms with Crippen molar-refractivity contribution in [2.45, 2.75) is 13.3 Å². The summed E-state index contributed by atoms with van der Waals surface area (Å²) in [5.41, 5.74) is 2.49. The third-order valence-electron chi connectivity index (χ3n) is 2.64. The zero-order chi connectivity index (χ0) is 13.7. The summed E-state index contributed by atoms with van der Waals surface area (Å²) < 4.78 is 5.37. The summed E-state index contributed by atoms with van der Waals surface area (Å²) >= 11 is 0. The van der Waals surface area contributed by atoms with E-state index in [-0.39, 0.29) is 6.42 Å². The van der Waals surface area contributed by atoms with Gasteiger partial charge in [0.25, 0.3) is 0 Å². The van der Waals surface area contributed by atoms with E-state index in [2.05, 4.69) is 4.98 Å². The molecule has 19 heavy (non-hydrogen) atoms. The molecular weight excluding hydrogens is 242 g/mol. The van der Waals surface area contributed by atoms with Gasteiger partial charge < -0.3 is 9.84 Å². The molecule has 0 radical (unpaired) electrons. The van der Waals surface area contributed by atoms with E-state index in [0.717, 1.165) is 17.0 Å². The zero-order valence-corrected chi connectivity index (χ0v) is 10.7. The van der Waals surface area contributed by atoms with E-state index >= 15 is 0 Å². The first kappa shape index (κ1) is 13.1. The quantitative estimate of drug-likeness (QED) is 0.894. The first-order valence-electron chi connectivity index (χ1n) is 6.09. The van der Waals surface area contributed by atoms with Crippen LogP contribution in [0.4, 0.5) is 0 Å². The summed E-state index contributed by atoms with van der Waals surface area (Å²) in [6.45, 7) is 2.58. The molecule has 0 fully saturated rings. The summed E-state index contributed by atoms with van der Waals surface area (Å²) in [5, 5.41) is 8.69. The van der Waals surface area contributed by atoms with Crippen LogP contribution in [0.3, 0.4) is 0 Å². The van der Waals surface area contributed by atoms with Gasteiger partial charge in [0, 0.05) is 11.8 Å². The number of pyridine rings is 1. The van der Waals surface area contributed by atoms with Crippen LogP contribution >= 0.6 is 0 Å². The number of hydrogen-bond donors (Lipinski definition) is 1. The average Bonchev–Trinajstić information content (AvgIpc) is 2.40. The Bertz CT molecular complexity index is 547. The number of carboxylic acids is 1. The molecule has 98 valence electrons. The van der Waals surface area contributed by atoms with E-state index in [1.54, 1.807) is 12.3 Å². The van der Waals surface area contributed by atoms with E-state index in [0.29, 0.717) is 12.2 Å². The minimum Gasteiger partial charge on any atom is -0.494 e. The summed E-state index contributed by atoms with van der Waals surface area (Å²) in [6, 6.07) is 11.3. The van der Waals surface area contributed by atoms with Crippen LogP contribution in [0.1, 0.15) is 12.5 Å². The maximum absolute atomic E-state index is 10.6. The van der Waals surface area contributed by atoms with Crippen LogP contribution in [0, 0.1) is 0 Å². The van der Waals surface area contributed by atoms with E-state index in [9.17, 15) is 4.79 Å². The van der Waals surface area contributed by atoms with Gasteiger partial charge in [0.2, 0.25) is 0 Å². The predicted molar refractivity (Wildman–Crippen MR) is 72.2 cm³/mol. The lowest BCUT2D eigenvalue weighted by atomic mass is 10.1. The number of benzene rings is 1. The number of carbonyl (C=O) groups is 1. The minimum atomic E-state index is -0.851. The van der Waals surface area contributed by atoms with Gasteiger partial charge in [-0.2, -0.15) is 0 Å². The zero-order valence-electron chi connectivity index (χ0n) is 10.7. The molecule has 1 N–H and O–H groups in total. The van der Waals surface area contributed by atoms with Gasteiger partial charge in [0.15, 0.2) is 0 Å². The molecule has 0 saturated carbocycles. The number of aromatic nitrogens is 1. The molecule has 0 amide bonds. The number of aliphatic carboxylic acids is 1. The summed E-state index contributed by atoms with van der Waals surface area (Å²) in [6.07, 6.45) is 1.59. The second kappa shape index (κ2) is 6.00. The van der Waals surface area contributed by atoms with Crippen molar-refractivity contribution >= 4 is 5.97 Å². The first-order chi connectivity index (χ1) is 9.19. The lowest BCUT2D eigenvalue weighted by molar-refractivity contribution is -0.136. The second-order valence-corrected chi connectivity index (χ2v) is 4.08. The van der Waals surface area contributed by atoms with E-state index in [1.165, 1.54) is 0 Å². The highest BCUT2D eigenvalue weighted by atomic mass is 16.5. The van der Waals surface area contributed by atoms with Crippen LogP contribution in [0.5, 0.6) is 5.75 Å². The van der Waals surface area contributed by atoms with E-state index in [1.807, 2.05) is 37.3 Å². The Kier molecular flexibility index (Phi) is 4.13. The monoisotopic (exact) mass is 257 g/mol. The summed E-state index contributed by atoms with van der Waals surface area (Å²) in [5.74, 6) is -0.0237. The number of ether oxygens (including phenoxy) is 1. The molecule has 1 aromatic carbocycles. The highest BCUT2D eigenvalue weighted by Gasteiger charge is 2.03. The largest absolute Gasteiger partial charge is 0.494 e. The Morgan fingerprint density at radius 3 is 2.47 bits per heavy atom. The predicted octanol–water partition coefficient (Wildman–Crippen LogP) is 2.77. The van der Waals surface area contributed by atoms with Crippen molar-refractivity contribution in [3.05, 3.63) is 48.2 Å². The van der Waals surface area contributed by atoms with Gasteiger partial charge in [0.05, 0.1) is 18.7 Å². The van der Waals surface area contributed by atoms with Crippen LogP contribution in [0.2, 0.25) is 0 Å². The van der Waals surface area contributed by atoms with Crippen LogP contribution in [-0.2, 0) is 11.2 Å². The molecule has 2 aromatic rings. The number of nitrogens with zero attached hydrogens (tertiary/aromatic N) is 1. The van der Waals surface area contributed by atoms with Crippen LogP contribution in [-0.4, -0.2) is 22.7 Å². The molecule has 1 heterocycles. The minimum absolute atomic E-state index is 0.00341. The van der Waals surface area contributed by atoms with Gasteiger partial charge in [-0.3, -0.25) is 9.78 Å². The van der Waals surface area contributed by atoms with E-state index in [4.69, 9.17) is 9.84 Å². The number of rotatable bonds is 5. The molecule has 0 aliphatic rings. The molecule has 0 bridgehead atoms. The Labute approximate surface area is 111 Å². The highest BCUT2D eigenvalue weighted by Crippen LogP contribution is 2.20. The van der Waals surface area contributed by atoms with Gasteiger partial charge in [-0.15, -0.1) is 0 Å². The summed E-state index contributed by atoms with van der Waals surface area (Å²) in [4.78, 5) is 14.9.